The van der Waals surface area contributed by atoms with Crippen molar-refractivity contribution >= 4 is 0 Å². The zero-order chi connectivity index (χ0) is 20.3. The Hall–Kier alpha value is -3.39. The maximum atomic E-state index is 13.1. The van der Waals surface area contributed by atoms with Crippen molar-refractivity contribution in [3.63, 3.8) is 0 Å². The third kappa shape index (κ3) is 3.99. The number of hydrogen-bond donors (Lipinski definition) is 0. The van der Waals surface area contributed by atoms with E-state index in [9.17, 15) is 4.39 Å². The van der Waals surface area contributed by atoms with Gasteiger partial charge in [-0.1, -0.05) is 23.4 Å². The summed E-state index contributed by atoms with van der Waals surface area (Å²) in [6.07, 6.45) is 1.99. The summed E-state index contributed by atoms with van der Waals surface area (Å²) in [5, 5.41) is 12.4. The minimum Gasteiger partial charge on any atom is -0.419 e. The Bertz CT molecular complexity index is 1110. The van der Waals surface area contributed by atoms with Gasteiger partial charge in [0.05, 0.1) is 12.5 Å². The Morgan fingerprint density at radius 3 is 2.67 bits per heavy atom. The number of benzene rings is 2. The van der Waals surface area contributed by atoms with Crippen LogP contribution < -0.4 is 0 Å². The van der Waals surface area contributed by atoms with Crippen molar-refractivity contribution in [1.29, 1.82) is 0 Å². The summed E-state index contributed by atoms with van der Waals surface area (Å²) >= 11 is 0. The molecule has 2 aromatic carbocycles. The van der Waals surface area contributed by atoms with Gasteiger partial charge in [0.1, 0.15) is 5.82 Å². The van der Waals surface area contributed by atoms with Crippen molar-refractivity contribution in [2.75, 3.05) is 13.1 Å². The first-order valence-electron chi connectivity index (χ1n) is 9.94. The zero-order valence-corrected chi connectivity index (χ0v) is 16.2. The van der Waals surface area contributed by atoms with Crippen molar-refractivity contribution in [2.45, 2.75) is 25.3 Å². The van der Waals surface area contributed by atoms with Gasteiger partial charge in [-0.05, 0) is 55.8 Å². The molecule has 7 nitrogen and oxygen atoms in total. The highest BCUT2D eigenvalue weighted by atomic mass is 19.1. The normalized spacial score (nSPS) is 17.3. The van der Waals surface area contributed by atoms with Crippen LogP contribution in [0, 0.1) is 5.82 Å². The Labute approximate surface area is 172 Å². The molecule has 0 bridgehead atoms. The van der Waals surface area contributed by atoms with Crippen LogP contribution in [0.25, 0.3) is 22.8 Å². The largest absolute Gasteiger partial charge is 0.419 e. The van der Waals surface area contributed by atoms with Crippen molar-refractivity contribution in [1.82, 2.24) is 25.2 Å². The number of piperidine rings is 1. The highest BCUT2D eigenvalue weighted by molar-refractivity contribution is 5.54. The van der Waals surface area contributed by atoms with Crippen molar-refractivity contribution < 1.29 is 13.3 Å². The molecule has 4 aromatic rings. The molecule has 1 aliphatic heterocycles. The van der Waals surface area contributed by atoms with E-state index in [1.165, 1.54) is 12.1 Å². The van der Waals surface area contributed by atoms with Gasteiger partial charge in [0, 0.05) is 17.7 Å². The van der Waals surface area contributed by atoms with Gasteiger partial charge in [-0.2, -0.15) is 4.98 Å². The monoisotopic (exact) mass is 405 g/mol. The molecule has 30 heavy (non-hydrogen) atoms. The molecule has 1 fully saturated rings. The lowest BCUT2D eigenvalue weighted by molar-refractivity contribution is 0.167. The molecule has 1 unspecified atom stereocenters. The number of halogens is 1. The van der Waals surface area contributed by atoms with E-state index in [-0.39, 0.29) is 11.7 Å². The molecule has 2 aromatic heterocycles. The SMILES string of the molecule is Fc1ccc(-c2noc(C3CCCN(Cc4nnc(-c5ccccc5)o4)C3)n2)cc1. The Morgan fingerprint density at radius 1 is 1.00 bits per heavy atom. The summed E-state index contributed by atoms with van der Waals surface area (Å²) in [4.78, 5) is 6.80. The Kier molecular flexibility index (Phi) is 5.06. The number of rotatable bonds is 5. The van der Waals surface area contributed by atoms with Crippen LogP contribution in [0.2, 0.25) is 0 Å². The van der Waals surface area contributed by atoms with Crippen LogP contribution in [0.4, 0.5) is 4.39 Å². The van der Waals surface area contributed by atoms with Crippen LogP contribution in [-0.2, 0) is 6.54 Å². The van der Waals surface area contributed by atoms with Gasteiger partial charge < -0.3 is 8.94 Å². The standard InChI is InChI=1S/C22H20FN5O2/c23-18-10-8-15(9-11-18)20-24-21(30-27-20)17-7-4-12-28(13-17)14-19-25-26-22(29-19)16-5-2-1-3-6-16/h1-3,5-6,8-11,17H,4,7,12-14H2. The van der Waals surface area contributed by atoms with Gasteiger partial charge in [-0.15, -0.1) is 10.2 Å². The van der Waals surface area contributed by atoms with E-state index in [0.29, 0.717) is 30.0 Å². The number of aromatic nitrogens is 4. The number of hydrogen-bond acceptors (Lipinski definition) is 7. The third-order valence-electron chi connectivity index (χ3n) is 5.25. The first-order chi connectivity index (χ1) is 14.7. The fourth-order valence-corrected chi connectivity index (χ4v) is 3.72. The minimum atomic E-state index is -0.290. The third-order valence-corrected chi connectivity index (χ3v) is 5.25. The summed E-state index contributed by atoms with van der Waals surface area (Å²) in [6.45, 7) is 2.29. The van der Waals surface area contributed by atoms with E-state index < -0.39 is 0 Å². The molecule has 0 spiro atoms. The summed E-state index contributed by atoms with van der Waals surface area (Å²) in [5.41, 5.74) is 1.64. The second-order valence-electron chi connectivity index (χ2n) is 7.40. The first-order valence-corrected chi connectivity index (χ1v) is 9.94. The Morgan fingerprint density at radius 2 is 1.83 bits per heavy atom. The molecule has 1 atom stereocenters. The average molecular weight is 405 g/mol. The molecule has 1 aliphatic rings. The van der Waals surface area contributed by atoms with Gasteiger partial charge in [-0.25, -0.2) is 4.39 Å². The lowest BCUT2D eigenvalue weighted by atomic mass is 9.98. The van der Waals surface area contributed by atoms with Crippen LogP contribution in [0.15, 0.2) is 63.5 Å². The average Bonchev–Trinajstić information content (AvgIpc) is 3.45. The molecule has 1 saturated heterocycles. The van der Waals surface area contributed by atoms with E-state index in [4.69, 9.17) is 8.94 Å². The molecule has 152 valence electrons. The zero-order valence-electron chi connectivity index (χ0n) is 16.2. The van der Waals surface area contributed by atoms with Crippen LogP contribution in [0.1, 0.15) is 30.5 Å². The van der Waals surface area contributed by atoms with E-state index in [0.717, 1.165) is 37.1 Å². The molecule has 3 heterocycles. The van der Waals surface area contributed by atoms with Crippen LogP contribution >= 0.6 is 0 Å². The van der Waals surface area contributed by atoms with E-state index in [1.807, 2.05) is 30.3 Å². The van der Waals surface area contributed by atoms with Gasteiger partial charge in [0.2, 0.25) is 23.5 Å². The smallest absolute Gasteiger partial charge is 0.247 e. The molecule has 0 amide bonds. The van der Waals surface area contributed by atoms with Crippen LogP contribution in [0.3, 0.4) is 0 Å². The molecular formula is C22H20FN5O2. The lowest BCUT2D eigenvalue weighted by Crippen LogP contribution is -2.34. The predicted octanol–water partition coefficient (Wildman–Crippen LogP) is 4.31. The topological polar surface area (TPSA) is 81.1 Å². The highest BCUT2D eigenvalue weighted by Crippen LogP contribution is 2.28. The van der Waals surface area contributed by atoms with Gasteiger partial charge in [-0.3, -0.25) is 4.90 Å². The predicted molar refractivity (Wildman–Crippen MR) is 107 cm³/mol. The Balaban J connectivity index is 1.25. The van der Waals surface area contributed by atoms with E-state index in [2.05, 4.69) is 25.2 Å². The summed E-state index contributed by atoms with van der Waals surface area (Å²) in [5.74, 6) is 2.05. The second-order valence-corrected chi connectivity index (χ2v) is 7.40. The summed E-state index contributed by atoms with van der Waals surface area (Å²) in [7, 11) is 0. The molecule has 0 radical (unpaired) electrons. The fourth-order valence-electron chi connectivity index (χ4n) is 3.72. The molecule has 0 saturated carbocycles. The summed E-state index contributed by atoms with van der Waals surface area (Å²) in [6, 6.07) is 15.8. The van der Waals surface area contributed by atoms with E-state index >= 15 is 0 Å². The van der Waals surface area contributed by atoms with Gasteiger partial charge in [0.25, 0.3) is 0 Å². The van der Waals surface area contributed by atoms with Gasteiger partial charge in [0.15, 0.2) is 0 Å². The lowest BCUT2D eigenvalue weighted by Gasteiger charge is -2.29. The second kappa shape index (κ2) is 8.16. The minimum absolute atomic E-state index is 0.136. The van der Waals surface area contributed by atoms with Crippen molar-refractivity contribution in [3.8, 4) is 22.8 Å². The van der Waals surface area contributed by atoms with Crippen LogP contribution in [-0.4, -0.2) is 38.3 Å². The number of nitrogens with zero attached hydrogens (tertiary/aromatic N) is 5. The molecule has 0 N–H and O–H groups in total. The van der Waals surface area contributed by atoms with E-state index in [1.54, 1.807) is 12.1 Å². The highest BCUT2D eigenvalue weighted by Gasteiger charge is 2.27. The number of likely N-dealkylation sites (tertiary alicyclic amines) is 1. The fraction of sp³-hybridized carbons (Fsp3) is 0.273. The molecule has 8 heteroatoms. The van der Waals surface area contributed by atoms with Crippen LogP contribution in [0.5, 0.6) is 0 Å². The van der Waals surface area contributed by atoms with Crippen molar-refractivity contribution in [2.24, 2.45) is 0 Å². The van der Waals surface area contributed by atoms with Gasteiger partial charge >= 0.3 is 0 Å². The quantitative estimate of drug-likeness (QED) is 0.489. The maximum Gasteiger partial charge on any atom is 0.247 e. The molecule has 5 rings (SSSR count). The summed E-state index contributed by atoms with van der Waals surface area (Å²) < 4.78 is 24.5. The van der Waals surface area contributed by atoms with Crippen molar-refractivity contribution in [3.05, 3.63) is 72.2 Å². The molecule has 0 aliphatic carbocycles. The maximum absolute atomic E-state index is 13.1. The first kappa shape index (κ1) is 18.6. The molecular weight excluding hydrogens is 385 g/mol.